The predicted molar refractivity (Wildman–Crippen MR) is 228 cm³/mol. The minimum atomic E-state index is -1.15. The summed E-state index contributed by atoms with van der Waals surface area (Å²) in [6.07, 6.45) is 1.44. The maximum Gasteiger partial charge on any atom is 0.335 e. The molecule has 0 spiro atoms. The van der Waals surface area contributed by atoms with Crippen LogP contribution in [-0.4, -0.2) is 26.2 Å². The normalized spacial score (nSPS) is 19.9. The lowest BCUT2D eigenvalue weighted by Crippen LogP contribution is -2.59. The summed E-state index contributed by atoms with van der Waals surface area (Å²) in [7, 11) is 3.34. The van der Waals surface area contributed by atoms with Crippen molar-refractivity contribution in [1.29, 1.82) is 0 Å². The Labute approximate surface area is 348 Å². The molecule has 4 aliphatic carbocycles. The number of ether oxygens (including phenoxy) is 5. The van der Waals surface area contributed by atoms with Gasteiger partial charge in [0.25, 0.3) is 0 Å². The molecule has 0 saturated carbocycles. The Morgan fingerprint density at radius 3 is 1.63 bits per heavy atom. The summed E-state index contributed by atoms with van der Waals surface area (Å²) in [6.45, 7) is 3.52. The van der Waals surface area contributed by atoms with Crippen molar-refractivity contribution in [3.63, 3.8) is 0 Å². The van der Waals surface area contributed by atoms with Gasteiger partial charge in [-0.05, 0) is 104 Å². The summed E-state index contributed by atoms with van der Waals surface area (Å²) in [4.78, 5) is 26.8. The van der Waals surface area contributed by atoms with Crippen molar-refractivity contribution in [3.8, 4) is 34.1 Å². The standard InChI is InChI=1S/C53H40O7/c1-4-49(54)59-37-26-22-34(23-27-37)52(42-18-10-8-16-40(42)41-17-9-11-19-43(41)52)35-24-28-38(29-25-35)60-50(55)48-33-51(56-2)44-20-12-13-21-45(44)53(48,57-3)46-31-30-39(32-47(46)51)58-36-14-6-5-7-15-36/h4-32,48H,1,33H2,2-3H3. The second kappa shape index (κ2) is 14.3. The smallest absolute Gasteiger partial charge is 0.335 e. The molecule has 3 unspecified atom stereocenters. The SMILES string of the molecule is C=CC(=O)Oc1ccc(C2(c3ccc(OC(=O)C4CC5(OC)c6ccccc6C4(OC)c4ccc(Oc6ccccc6)cc45)cc3)c3ccccc3-c3ccccc32)cc1. The van der Waals surface area contributed by atoms with Crippen molar-refractivity contribution in [2.24, 2.45) is 5.92 Å². The van der Waals surface area contributed by atoms with Gasteiger partial charge < -0.3 is 23.7 Å². The van der Waals surface area contributed by atoms with Crippen LogP contribution in [0.25, 0.3) is 11.1 Å². The van der Waals surface area contributed by atoms with E-state index in [9.17, 15) is 9.59 Å². The maximum absolute atomic E-state index is 14.8. The third-order valence-corrected chi connectivity index (χ3v) is 12.6. The van der Waals surface area contributed by atoms with Crippen LogP contribution in [0.1, 0.15) is 50.9 Å². The second-order valence-electron chi connectivity index (χ2n) is 15.3. The number of rotatable bonds is 10. The van der Waals surface area contributed by atoms with Gasteiger partial charge in [-0.1, -0.05) is 128 Å². The van der Waals surface area contributed by atoms with Gasteiger partial charge in [0.15, 0.2) is 0 Å². The van der Waals surface area contributed by atoms with Crippen LogP contribution in [0, 0.1) is 5.92 Å². The van der Waals surface area contributed by atoms with Crippen molar-refractivity contribution < 1.29 is 33.3 Å². The van der Waals surface area contributed by atoms with Gasteiger partial charge in [0.1, 0.15) is 34.2 Å². The Morgan fingerprint density at radius 2 is 1.05 bits per heavy atom. The molecule has 2 bridgehead atoms. The molecule has 0 aromatic heterocycles. The fourth-order valence-corrected chi connectivity index (χ4v) is 10.2. The number of methoxy groups -OCH3 is 2. The molecule has 7 aromatic rings. The first-order chi connectivity index (χ1) is 29.4. The van der Waals surface area contributed by atoms with Crippen LogP contribution in [0.4, 0.5) is 0 Å². The van der Waals surface area contributed by atoms with E-state index < -0.39 is 34.5 Å². The number of hydrogen-bond acceptors (Lipinski definition) is 7. The van der Waals surface area contributed by atoms with Crippen LogP contribution in [0.3, 0.4) is 0 Å². The molecule has 4 aliphatic rings. The number of carbonyl (C=O) groups is 2. The molecule has 7 aromatic carbocycles. The molecule has 0 aliphatic heterocycles. The zero-order valence-electron chi connectivity index (χ0n) is 33.1. The lowest BCUT2D eigenvalue weighted by atomic mass is 9.54. The first-order valence-corrected chi connectivity index (χ1v) is 19.9. The van der Waals surface area contributed by atoms with Crippen molar-refractivity contribution in [1.82, 2.24) is 0 Å². The zero-order valence-corrected chi connectivity index (χ0v) is 33.1. The highest BCUT2D eigenvalue weighted by Gasteiger charge is 2.64. The molecule has 0 amide bonds. The Kier molecular flexibility index (Phi) is 8.90. The van der Waals surface area contributed by atoms with Crippen molar-refractivity contribution in [2.75, 3.05) is 14.2 Å². The Bertz CT molecular complexity index is 2770. The molecule has 0 saturated heterocycles. The molecule has 294 valence electrons. The Balaban J connectivity index is 1.03. The third-order valence-electron chi connectivity index (χ3n) is 12.6. The van der Waals surface area contributed by atoms with E-state index in [0.717, 1.165) is 67.5 Å². The fourth-order valence-electron chi connectivity index (χ4n) is 10.2. The van der Waals surface area contributed by atoms with Crippen LogP contribution in [0.15, 0.2) is 183 Å². The second-order valence-corrected chi connectivity index (χ2v) is 15.3. The average Bonchev–Trinajstić information content (AvgIpc) is 3.60. The van der Waals surface area contributed by atoms with Crippen LogP contribution in [0.5, 0.6) is 23.0 Å². The van der Waals surface area contributed by atoms with E-state index in [-0.39, 0.29) is 0 Å². The molecule has 7 heteroatoms. The minimum Gasteiger partial charge on any atom is -0.457 e. The fraction of sp³-hybridized carbons (Fsp3) is 0.132. The summed E-state index contributed by atoms with van der Waals surface area (Å²) in [6, 6.07) is 55.8. The number of carbonyl (C=O) groups excluding carboxylic acids is 2. The monoisotopic (exact) mass is 788 g/mol. The molecule has 0 fully saturated rings. The highest BCUT2D eigenvalue weighted by atomic mass is 16.5. The molecule has 3 atom stereocenters. The van der Waals surface area contributed by atoms with Crippen LogP contribution < -0.4 is 14.2 Å². The summed E-state index contributed by atoms with van der Waals surface area (Å²) in [5.74, 6) is 0.507. The van der Waals surface area contributed by atoms with Crippen molar-refractivity contribution in [3.05, 3.63) is 227 Å². The van der Waals surface area contributed by atoms with Crippen LogP contribution in [0.2, 0.25) is 0 Å². The Hall–Kier alpha value is -7.06. The summed E-state index contributed by atoms with van der Waals surface area (Å²) in [5.41, 5.74) is 7.17. The van der Waals surface area contributed by atoms with E-state index in [0.29, 0.717) is 23.7 Å². The first kappa shape index (κ1) is 37.2. The van der Waals surface area contributed by atoms with Gasteiger partial charge >= 0.3 is 11.9 Å². The number of esters is 2. The molecule has 0 heterocycles. The predicted octanol–water partition coefficient (Wildman–Crippen LogP) is 10.7. The largest absolute Gasteiger partial charge is 0.457 e. The lowest BCUT2D eigenvalue weighted by Gasteiger charge is -2.56. The van der Waals surface area contributed by atoms with E-state index in [1.807, 2.05) is 115 Å². The van der Waals surface area contributed by atoms with Crippen molar-refractivity contribution >= 4 is 11.9 Å². The first-order valence-electron chi connectivity index (χ1n) is 19.9. The van der Waals surface area contributed by atoms with Crippen LogP contribution >= 0.6 is 0 Å². The summed E-state index contributed by atoms with van der Waals surface area (Å²) < 4.78 is 31.2. The third kappa shape index (κ3) is 5.36. The van der Waals surface area contributed by atoms with E-state index in [1.165, 1.54) is 0 Å². The number of hydrogen-bond donors (Lipinski definition) is 0. The topological polar surface area (TPSA) is 80.3 Å². The molecule has 0 N–H and O–H groups in total. The van der Waals surface area contributed by atoms with E-state index in [1.54, 1.807) is 14.2 Å². The number of benzene rings is 7. The molecule has 60 heavy (non-hydrogen) atoms. The van der Waals surface area contributed by atoms with E-state index in [4.69, 9.17) is 23.7 Å². The molecule has 7 nitrogen and oxygen atoms in total. The highest BCUT2D eigenvalue weighted by Crippen LogP contribution is 2.63. The number of fused-ring (bicyclic) bond motifs is 4. The molecule has 0 radical (unpaired) electrons. The van der Waals surface area contributed by atoms with Gasteiger partial charge in [-0.3, -0.25) is 4.79 Å². The van der Waals surface area contributed by atoms with E-state index in [2.05, 4.69) is 61.2 Å². The van der Waals surface area contributed by atoms with Gasteiger partial charge in [0.2, 0.25) is 0 Å². The maximum atomic E-state index is 14.8. The summed E-state index contributed by atoms with van der Waals surface area (Å²) >= 11 is 0. The zero-order chi connectivity index (χ0) is 41.1. The molecular weight excluding hydrogens is 749 g/mol. The van der Waals surface area contributed by atoms with Gasteiger partial charge in [-0.25, -0.2) is 4.79 Å². The molecular formula is C53H40O7. The summed E-state index contributed by atoms with van der Waals surface area (Å²) in [5, 5.41) is 0. The van der Waals surface area contributed by atoms with Gasteiger partial charge in [-0.2, -0.15) is 0 Å². The quantitative estimate of drug-likeness (QED) is 0.0775. The molecule has 11 rings (SSSR count). The van der Waals surface area contributed by atoms with Gasteiger partial charge in [0.05, 0.1) is 11.3 Å². The minimum absolute atomic E-state index is 0.293. The average molecular weight is 789 g/mol. The van der Waals surface area contributed by atoms with E-state index >= 15 is 0 Å². The highest BCUT2D eigenvalue weighted by molar-refractivity contribution is 5.87. The van der Waals surface area contributed by atoms with Crippen LogP contribution in [-0.2, 0) is 35.7 Å². The lowest BCUT2D eigenvalue weighted by molar-refractivity contribution is -0.164. The van der Waals surface area contributed by atoms with Gasteiger partial charge in [-0.15, -0.1) is 0 Å². The Morgan fingerprint density at radius 1 is 0.533 bits per heavy atom. The number of para-hydroxylation sites is 1. The van der Waals surface area contributed by atoms with Crippen molar-refractivity contribution in [2.45, 2.75) is 23.0 Å². The van der Waals surface area contributed by atoms with Gasteiger partial charge in [0, 0.05) is 26.7 Å².